The summed E-state index contributed by atoms with van der Waals surface area (Å²) in [4.78, 5) is 23.9. The van der Waals surface area contributed by atoms with Crippen LogP contribution in [0.1, 0.15) is 29.8 Å². The zero-order valence-electron chi connectivity index (χ0n) is 15.2. The molecule has 0 radical (unpaired) electrons. The Morgan fingerprint density at radius 1 is 1.15 bits per heavy atom. The topological polar surface area (TPSA) is 92.3 Å². The van der Waals surface area contributed by atoms with Crippen molar-refractivity contribution in [3.8, 4) is 0 Å². The van der Waals surface area contributed by atoms with E-state index < -0.39 is 33.4 Å². The Morgan fingerprint density at radius 2 is 1.85 bits per heavy atom. The van der Waals surface area contributed by atoms with Gasteiger partial charge in [0.1, 0.15) is 5.82 Å². The number of Topliss-reactive ketones (excluding diaryl/α,β-unsaturated/α-hetero) is 1. The predicted octanol–water partition coefficient (Wildman–Crippen LogP) is 3.35. The summed E-state index contributed by atoms with van der Waals surface area (Å²) < 4.78 is 39.9. The van der Waals surface area contributed by atoms with Crippen LogP contribution >= 0.6 is 0 Å². The molecule has 0 aliphatic heterocycles. The molecule has 27 heavy (non-hydrogen) atoms. The zero-order valence-corrected chi connectivity index (χ0v) is 16.1. The van der Waals surface area contributed by atoms with Crippen LogP contribution in [0.25, 0.3) is 0 Å². The van der Waals surface area contributed by atoms with Gasteiger partial charge in [-0.3, -0.25) is 14.3 Å². The van der Waals surface area contributed by atoms with Crippen molar-refractivity contribution in [2.45, 2.75) is 20.8 Å². The van der Waals surface area contributed by atoms with Gasteiger partial charge in [0, 0.05) is 11.3 Å². The fraction of sp³-hybridized carbons (Fsp3) is 0.263. The third-order valence-corrected chi connectivity index (χ3v) is 5.40. The van der Waals surface area contributed by atoms with Gasteiger partial charge in [0.25, 0.3) is 0 Å². The number of amides is 1. The lowest BCUT2D eigenvalue weighted by Crippen LogP contribution is -2.30. The van der Waals surface area contributed by atoms with E-state index in [1.165, 1.54) is 32.0 Å². The summed E-state index contributed by atoms with van der Waals surface area (Å²) in [6, 6.07) is 9.98. The molecule has 0 aliphatic rings. The first-order chi connectivity index (χ1) is 12.6. The lowest BCUT2D eigenvalue weighted by Gasteiger charge is -2.15. The van der Waals surface area contributed by atoms with Crippen LogP contribution in [-0.4, -0.2) is 25.9 Å². The van der Waals surface area contributed by atoms with Gasteiger partial charge in [0.05, 0.1) is 17.4 Å². The summed E-state index contributed by atoms with van der Waals surface area (Å²) in [5.74, 6) is -2.54. The molecule has 2 aromatic rings. The first kappa shape index (κ1) is 20.6. The molecule has 8 heteroatoms. The number of carbonyl (C=O) groups is 2. The Labute approximate surface area is 157 Å². The molecule has 1 atom stereocenters. The van der Waals surface area contributed by atoms with Gasteiger partial charge in [-0.15, -0.1) is 0 Å². The molecule has 0 aromatic heterocycles. The number of rotatable bonds is 7. The summed E-state index contributed by atoms with van der Waals surface area (Å²) in [5.41, 5.74) is 1.74. The Bertz CT molecular complexity index is 973. The average molecular weight is 392 g/mol. The smallest absolute Gasteiger partial charge is 0.233 e. The summed E-state index contributed by atoms with van der Waals surface area (Å²) in [7, 11) is -3.85. The first-order valence-corrected chi connectivity index (χ1v) is 9.91. The maximum Gasteiger partial charge on any atom is 0.233 e. The van der Waals surface area contributed by atoms with Gasteiger partial charge in [-0.25, -0.2) is 12.8 Å². The zero-order chi connectivity index (χ0) is 20.2. The Morgan fingerprint density at radius 3 is 2.48 bits per heavy atom. The van der Waals surface area contributed by atoms with Gasteiger partial charge in [0.2, 0.25) is 15.9 Å². The standard InChI is InChI=1S/C19H21FN2O4S/c1-12-7-8-15(14(3)23)9-18(12)21-19(24)13(2)11-27(25,26)22-17-6-4-5-16(20)10-17/h4-10,13,22H,11H2,1-3H3,(H,21,24). The number of sulfonamides is 1. The van der Waals surface area contributed by atoms with E-state index in [4.69, 9.17) is 0 Å². The van der Waals surface area contributed by atoms with E-state index in [0.29, 0.717) is 11.3 Å². The molecular weight excluding hydrogens is 371 g/mol. The highest BCUT2D eigenvalue weighted by atomic mass is 32.2. The fourth-order valence-corrected chi connectivity index (χ4v) is 3.79. The minimum absolute atomic E-state index is 0.0904. The number of benzene rings is 2. The van der Waals surface area contributed by atoms with Crippen LogP contribution in [0.4, 0.5) is 15.8 Å². The number of anilines is 2. The summed E-state index contributed by atoms with van der Waals surface area (Å²) in [5, 5.41) is 2.66. The lowest BCUT2D eigenvalue weighted by atomic mass is 10.1. The Kier molecular flexibility index (Phi) is 6.32. The molecule has 1 unspecified atom stereocenters. The van der Waals surface area contributed by atoms with Crippen LogP contribution in [0, 0.1) is 18.7 Å². The van der Waals surface area contributed by atoms with Crippen molar-refractivity contribution in [1.29, 1.82) is 0 Å². The van der Waals surface area contributed by atoms with E-state index in [9.17, 15) is 22.4 Å². The Hall–Kier alpha value is -2.74. The van der Waals surface area contributed by atoms with Crippen molar-refractivity contribution in [2.75, 3.05) is 15.8 Å². The molecule has 2 rings (SSSR count). The summed E-state index contributed by atoms with van der Waals surface area (Å²) in [6.07, 6.45) is 0. The average Bonchev–Trinajstić information content (AvgIpc) is 2.55. The fourth-order valence-electron chi connectivity index (χ4n) is 2.41. The van der Waals surface area contributed by atoms with E-state index in [1.807, 2.05) is 0 Å². The highest BCUT2D eigenvalue weighted by Gasteiger charge is 2.22. The number of aryl methyl sites for hydroxylation is 1. The molecule has 0 saturated carbocycles. The second-order valence-corrected chi connectivity index (χ2v) is 8.14. The third kappa shape index (κ3) is 5.89. The van der Waals surface area contributed by atoms with E-state index >= 15 is 0 Å². The minimum atomic E-state index is -3.85. The van der Waals surface area contributed by atoms with Crippen LogP contribution in [0.5, 0.6) is 0 Å². The summed E-state index contributed by atoms with van der Waals surface area (Å²) >= 11 is 0. The first-order valence-electron chi connectivity index (χ1n) is 8.26. The molecule has 0 aliphatic carbocycles. The molecule has 0 heterocycles. The Balaban J connectivity index is 2.07. The number of ketones is 1. The maximum atomic E-state index is 13.2. The molecule has 0 saturated heterocycles. The summed E-state index contributed by atoms with van der Waals surface area (Å²) in [6.45, 7) is 4.67. The molecule has 0 fully saturated rings. The van der Waals surface area contributed by atoms with Gasteiger partial charge in [-0.05, 0) is 43.7 Å². The van der Waals surface area contributed by atoms with Gasteiger partial charge in [-0.2, -0.15) is 0 Å². The molecule has 6 nitrogen and oxygen atoms in total. The third-order valence-electron chi connectivity index (χ3n) is 3.92. The number of carbonyl (C=O) groups excluding carboxylic acids is 2. The molecule has 2 N–H and O–H groups in total. The van der Waals surface area contributed by atoms with Crippen LogP contribution < -0.4 is 10.0 Å². The van der Waals surface area contributed by atoms with Gasteiger partial charge >= 0.3 is 0 Å². The minimum Gasteiger partial charge on any atom is -0.326 e. The van der Waals surface area contributed by atoms with Crippen molar-refractivity contribution in [3.05, 3.63) is 59.4 Å². The number of hydrogen-bond donors (Lipinski definition) is 2. The van der Waals surface area contributed by atoms with Crippen molar-refractivity contribution in [1.82, 2.24) is 0 Å². The highest BCUT2D eigenvalue weighted by molar-refractivity contribution is 7.92. The molecule has 1 amide bonds. The van der Waals surface area contributed by atoms with Crippen molar-refractivity contribution < 1.29 is 22.4 Å². The van der Waals surface area contributed by atoms with Gasteiger partial charge in [0.15, 0.2) is 5.78 Å². The number of nitrogens with one attached hydrogen (secondary N) is 2. The van der Waals surface area contributed by atoms with Crippen LogP contribution in [0.2, 0.25) is 0 Å². The van der Waals surface area contributed by atoms with Gasteiger partial charge < -0.3 is 5.32 Å². The van der Waals surface area contributed by atoms with E-state index in [-0.39, 0.29) is 11.5 Å². The van der Waals surface area contributed by atoms with Crippen LogP contribution in [0.15, 0.2) is 42.5 Å². The van der Waals surface area contributed by atoms with Crippen LogP contribution in [0.3, 0.4) is 0 Å². The monoisotopic (exact) mass is 392 g/mol. The van der Waals surface area contributed by atoms with E-state index in [0.717, 1.165) is 11.6 Å². The second-order valence-electron chi connectivity index (χ2n) is 6.37. The molecule has 0 bridgehead atoms. The molecule has 0 spiro atoms. The second kappa shape index (κ2) is 8.30. The van der Waals surface area contributed by atoms with Crippen molar-refractivity contribution in [2.24, 2.45) is 5.92 Å². The van der Waals surface area contributed by atoms with E-state index in [1.54, 1.807) is 25.1 Å². The molecular formula is C19H21FN2O4S. The predicted molar refractivity (Wildman–Crippen MR) is 103 cm³/mol. The highest BCUT2D eigenvalue weighted by Crippen LogP contribution is 2.19. The number of hydrogen-bond acceptors (Lipinski definition) is 4. The van der Waals surface area contributed by atoms with Gasteiger partial charge in [-0.1, -0.05) is 25.1 Å². The normalized spacial score (nSPS) is 12.3. The van der Waals surface area contributed by atoms with E-state index in [2.05, 4.69) is 10.0 Å². The molecule has 144 valence electrons. The molecule has 2 aromatic carbocycles. The SMILES string of the molecule is CC(=O)c1ccc(C)c(NC(=O)C(C)CS(=O)(=O)Nc2cccc(F)c2)c1. The number of halogens is 1. The van der Waals surface area contributed by atoms with Crippen LogP contribution in [-0.2, 0) is 14.8 Å². The lowest BCUT2D eigenvalue weighted by molar-refractivity contribution is -0.118. The van der Waals surface area contributed by atoms with Crippen molar-refractivity contribution >= 4 is 33.1 Å². The maximum absolute atomic E-state index is 13.2. The largest absolute Gasteiger partial charge is 0.326 e. The quantitative estimate of drug-likeness (QED) is 0.707. The van der Waals surface area contributed by atoms with Crippen molar-refractivity contribution in [3.63, 3.8) is 0 Å².